The first-order chi connectivity index (χ1) is 9.61. The normalized spacial score (nSPS) is 15.7. The Morgan fingerprint density at radius 3 is 2.35 bits per heavy atom. The van der Waals surface area contributed by atoms with Gasteiger partial charge in [-0.1, -0.05) is 47.5 Å². The molecule has 3 rings (SSSR count). The van der Waals surface area contributed by atoms with E-state index in [0.29, 0.717) is 15.6 Å². The highest BCUT2D eigenvalue weighted by Gasteiger charge is 2.47. The lowest BCUT2D eigenvalue weighted by molar-refractivity contribution is 0.0931. The average Bonchev–Trinajstić information content (AvgIpc) is 3.20. The van der Waals surface area contributed by atoms with Gasteiger partial charge in [0.2, 0.25) is 0 Å². The number of hydrogen-bond acceptors (Lipinski definition) is 1. The van der Waals surface area contributed by atoms with Crippen molar-refractivity contribution in [2.75, 3.05) is 0 Å². The Morgan fingerprint density at radius 2 is 1.75 bits per heavy atom. The van der Waals surface area contributed by atoms with Gasteiger partial charge in [-0.15, -0.1) is 0 Å². The molecule has 1 amide bonds. The van der Waals surface area contributed by atoms with Gasteiger partial charge in [0.1, 0.15) is 0 Å². The molecule has 2 nitrogen and oxygen atoms in total. The first-order valence-corrected chi connectivity index (χ1v) is 7.19. The molecule has 0 atom stereocenters. The Bertz CT molecular complexity index is 651. The summed E-state index contributed by atoms with van der Waals surface area (Å²) in [5.41, 5.74) is 1.26. The van der Waals surface area contributed by atoms with Crippen LogP contribution in [0.25, 0.3) is 0 Å². The monoisotopic (exact) mass is 305 g/mol. The topological polar surface area (TPSA) is 29.1 Å². The van der Waals surface area contributed by atoms with E-state index in [1.54, 1.807) is 24.3 Å². The number of rotatable bonds is 3. The molecule has 1 aliphatic rings. The molecule has 4 heteroatoms. The van der Waals surface area contributed by atoms with Gasteiger partial charge in [0.15, 0.2) is 0 Å². The highest BCUT2D eigenvalue weighted by Crippen LogP contribution is 2.48. The molecule has 2 aromatic carbocycles. The van der Waals surface area contributed by atoms with Crippen LogP contribution in [0.4, 0.5) is 0 Å². The van der Waals surface area contributed by atoms with Crippen LogP contribution in [0.15, 0.2) is 48.5 Å². The first kappa shape index (κ1) is 13.5. The zero-order chi connectivity index (χ0) is 14.2. The lowest BCUT2D eigenvalue weighted by Gasteiger charge is -2.19. The molecule has 0 bridgehead atoms. The van der Waals surface area contributed by atoms with E-state index >= 15 is 0 Å². The van der Waals surface area contributed by atoms with Crippen LogP contribution in [0.5, 0.6) is 0 Å². The summed E-state index contributed by atoms with van der Waals surface area (Å²) in [6.45, 7) is 0. The van der Waals surface area contributed by atoms with E-state index in [4.69, 9.17) is 23.2 Å². The molecule has 0 saturated heterocycles. The molecule has 102 valence electrons. The fraction of sp³-hybridized carbons (Fsp3) is 0.188. The Morgan fingerprint density at radius 1 is 1.05 bits per heavy atom. The van der Waals surface area contributed by atoms with Gasteiger partial charge in [-0.05, 0) is 42.7 Å². The summed E-state index contributed by atoms with van der Waals surface area (Å²) in [4.78, 5) is 12.3. The van der Waals surface area contributed by atoms with Crippen molar-refractivity contribution in [1.29, 1.82) is 0 Å². The zero-order valence-electron chi connectivity index (χ0n) is 10.7. The summed E-state index contributed by atoms with van der Waals surface area (Å²) in [6.07, 6.45) is 1.79. The van der Waals surface area contributed by atoms with Crippen LogP contribution in [0, 0.1) is 0 Å². The first-order valence-electron chi connectivity index (χ1n) is 6.44. The molecule has 1 N–H and O–H groups in total. The SMILES string of the molecule is O=C(NC1(c2ccc(Cl)cc2Cl)CC1)c1ccccc1. The lowest BCUT2D eigenvalue weighted by atomic mass is 10.0. The number of nitrogens with one attached hydrogen (secondary N) is 1. The number of halogens is 2. The smallest absolute Gasteiger partial charge is 0.251 e. The fourth-order valence-corrected chi connectivity index (χ4v) is 2.93. The molecular formula is C16H13Cl2NO. The zero-order valence-corrected chi connectivity index (χ0v) is 12.2. The minimum Gasteiger partial charge on any atom is -0.342 e. The van der Waals surface area contributed by atoms with E-state index in [0.717, 1.165) is 18.4 Å². The molecule has 2 aromatic rings. The van der Waals surface area contributed by atoms with E-state index in [-0.39, 0.29) is 11.4 Å². The lowest BCUT2D eigenvalue weighted by Crippen LogP contribution is -2.35. The summed E-state index contributed by atoms with van der Waals surface area (Å²) in [5, 5.41) is 4.29. The highest BCUT2D eigenvalue weighted by molar-refractivity contribution is 6.35. The van der Waals surface area contributed by atoms with Gasteiger partial charge in [-0.3, -0.25) is 4.79 Å². The molecule has 0 radical (unpaired) electrons. The number of carbonyl (C=O) groups is 1. The summed E-state index contributed by atoms with van der Waals surface area (Å²) in [5.74, 6) is -0.0749. The largest absolute Gasteiger partial charge is 0.342 e. The van der Waals surface area contributed by atoms with Gasteiger partial charge in [0.05, 0.1) is 5.54 Å². The quantitative estimate of drug-likeness (QED) is 0.894. The standard InChI is InChI=1S/C16H13Cl2NO/c17-12-6-7-13(14(18)10-12)16(8-9-16)19-15(20)11-4-2-1-3-5-11/h1-7,10H,8-9H2,(H,19,20). The van der Waals surface area contributed by atoms with Crippen molar-refractivity contribution in [2.45, 2.75) is 18.4 Å². The van der Waals surface area contributed by atoms with Crippen molar-refractivity contribution in [2.24, 2.45) is 0 Å². The third kappa shape index (κ3) is 2.54. The van der Waals surface area contributed by atoms with Crippen LogP contribution in [0.2, 0.25) is 10.0 Å². The second-order valence-electron chi connectivity index (χ2n) is 5.03. The molecule has 20 heavy (non-hydrogen) atoms. The third-order valence-corrected chi connectivity index (χ3v) is 4.13. The van der Waals surface area contributed by atoms with Crippen molar-refractivity contribution in [1.82, 2.24) is 5.32 Å². The van der Waals surface area contributed by atoms with Crippen molar-refractivity contribution in [3.05, 3.63) is 69.7 Å². The molecule has 1 saturated carbocycles. The van der Waals surface area contributed by atoms with Gasteiger partial charge < -0.3 is 5.32 Å². The minimum atomic E-state index is -0.339. The summed E-state index contributed by atoms with van der Waals surface area (Å²) in [6, 6.07) is 14.6. The maximum absolute atomic E-state index is 12.3. The van der Waals surface area contributed by atoms with Crippen molar-refractivity contribution < 1.29 is 4.79 Å². The van der Waals surface area contributed by atoms with Gasteiger partial charge in [0.25, 0.3) is 5.91 Å². The van der Waals surface area contributed by atoms with Crippen LogP contribution in [0.1, 0.15) is 28.8 Å². The van der Waals surface area contributed by atoms with Crippen LogP contribution in [0.3, 0.4) is 0 Å². The Kier molecular flexibility index (Phi) is 3.45. The van der Waals surface area contributed by atoms with E-state index in [2.05, 4.69) is 5.32 Å². The maximum atomic E-state index is 12.3. The van der Waals surface area contributed by atoms with Gasteiger partial charge >= 0.3 is 0 Å². The Labute approximate surface area is 127 Å². The molecule has 0 aromatic heterocycles. The molecule has 0 heterocycles. The number of hydrogen-bond donors (Lipinski definition) is 1. The third-order valence-electron chi connectivity index (χ3n) is 3.59. The molecule has 0 aliphatic heterocycles. The van der Waals surface area contributed by atoms with E-state index < -0.39 is 0 Å². The van der Waals surface area contributed by atoms with Crippen LogP contribution >= 0.6 is 23.2 Å². The van der Waals surface area contributed by atoms with Gasteiger partial charge in [-0.25, -0.2) is 0 Å². The Hall–Kier alpha value is -1.51. The van der Waals surface area contributed by atoms with E-state index in [1.807, 2.05) is 24.3 Å². The van der Waals surface area contributed by atoms with Crippen molar-refractivity contribution >= 4 is 29.1 Å². The van der Waals surface area contributed by atoms with Crippen LogP contribution < -0.4 is 5.32 Å². The Balaban J connectivity index is 1.85. The number of benzene rings is 2. The molecule has 0 unspecified atom stereocenters. The molecule has 1 fully saturated rings. The summed E-state index contributed by atoms with van der Waals surface area (Å²) in [7, 11) is 0. The predicted octanol–water partition coefficient (Wildman–Crippen LogP) is 4.41. The van der Waals surface area contributed by atoms with Crippen molar-refractivity contribution in [3.8, 4) is 0 Å². The predicted molar refractivity (Wildman–Crippen MR) is 81.3 cm³/mol. The van der Waals surface area contributed by atoms with E-state index in [9.17, 15) is 4.79 Å². The van der Waals surface area contributed by atoms with Crippen LogP contribution in [-0.2, 0) is 5.54 Å². The highest BCUT2D eigenvalue weighted by atomic mass is 35.5. The molecule has 1 aliphatic carbocycles. The maximum Gasteiger partial charge on any atom is 0.251 e. The second kappa shape index (κ2) is 5.12. The molecule has 0 spiro atoms. The van der Waals surface area contributed by atoms with Gasteiger partial charge in [-0.2, -0.15) is 0 Å². The average molecular weight is 306 g/mol. The minimum absolute atomic E-state index is 0.0749. The van der Waals surface area contributed by atoms with Gasteiger partial charge in [0, 0.05) is 15.6 Å². The summed E-state index contributed by atoms with van der Waals surface area (Å²) < 4.78 is 0. The molecular weight excluding hydrogens is 293 g/mol. The fourth-order valence-electron chi connectivity index (χ4n) is 2.34. The van der Waals surface area contributed by atoms with Crippen molar-refractivity contribution in [3.63, 3.8) is 0 Å². The second-order valence-corrected chi connectivity index (χ2v) is 5.87. The summed E-state index contributed by atoms with van der Waals surface area (Å²) >= 11 is 12.2. The number of carbonyl (C=O) groups excluding carboxylic acids is 1. The van der Waals surface area contributed by atoms with E-state index in [1.165, 1.54) is 0 Å². The number of amides is 1. The van der Waals surface area contributed by atoms with Crippen LogP contribution in [-0.4, -0.2) is 5.91 Å².